The number of allylic oxidation sites excluding steroid dienone is 3. The molecule has 5 atom stereocenters. The van der Waals surface area contributed by atoms with Gasteiger partial charge in [-0.15, -0.1) is 0 Å². The molecule has 1 aromatic carbocycles. The molecule has 1 aromatic rings. The first kappa shape index (κ1) is 25.6. The Morgan fingerprint density at radius 2 is 1.88 bits per heavy atom. The van der Waals surface area contributed by atoms with Crippen LogP contribution >= 0.6 is 0 Å². The first-order chi connectivity index (χ1) is 15.8. The minimum Gasteiger partial charge on any atom is -0.463 e. The number of aliphatic hydroxyl groups is 2. The smallest absolute Gasteiger partial charge is 0.306 e. The Morgan fingerprint density at radius 3 is 2.55 bits per heavy atom. The lowest BCUT2D eigenvalue weighted by atomic mass is 9.89. The molecule has 0 saturated heterocycles. The number of carbonyl (C=O) groups is 1. The summed E-state index contributed by atoms with van der Waals surface area (Å²) < 4.78 is 19.7. The number of halogens is 1. The maximum atomic E-state index is 14.6. The van der Waals surface area contributed by atoms with Crippen molar-refractivity contribution in [3.05, 3.63) is 59.7 Å². The van der Waals surface area contributed by atoms with Gasteiger partial charge in [0.1, 0.15) is 6.17 Å². The van der Waals surface area contributed by atoms with Gasteiger partial charge in [0.15, 0.2) is 0 Å². The van der Waals surface area contributed by atoms with Crippen LogP contribution in [0, 0.1) is 17.8 Å². The fourth-order valence-electron chi connectivity index (χ4n) is 5.15. The van der Waals surface area contributed by atoms with Gasteiger partial charge >= 0.3 is 5.97 Å². The van der Waals surface area contributed by atoms with Crippen molar-refractivity contribution < 1.29 is 24.1 Å². The van der Waals surface area contributed by atoms with E-state index in [-0.39, 0.29) is 36.2 Å². The van der Waals surface area contributed by atoms with Crippen molar-refractivity contribution in [3.63, 3.8) is 0 Å². The molecule has 33 heavy (non-hydrogen) atoms. The average molecular weight is 459 g/mol. The van der Waals surface area contributed by atoms with Crippen molar-refractivity contribution in [3.8, 4) is 0 Å². The van der Waals surface area contributed by atoms with Crippen molar-refractivity contribution >= 4 is 5.97 Å². The topological polar surface area (TPSA) is 66.8 Å². The molecule has 0 unspecified atom stereocenters. The van der Waals surface area contributed by atoms with Crippen molar-refractivity contribution in [1.29, 1.82) is 0 Å². The summed E-state index contributed by atoms with van der Waals surface area (Å²) in [4.78, 5) is 11.6. The van der Waals surface area contributed by atoms with Gasteiger partial charge in [-0.1, -0.05) is 48.6 Å². The summed E-state index contributed by atoms with van der Waals surface area (Å²) >= 11 is 0. The predicted molar refractivity (Wildman–Crippen MR) is 128 cm³/mol. The van der Waals surface area contributed by atoms with E-state index in [1.807, 2.05) is 50.3 Å². The SMILES string of the molecule is CC(C)OC(=O)CCC/C=C/C[C@@H]1[C@@H](/C=C/C[C@H](O)C2Cc3ccccc3C2)[C@@H](F)C[C@@H]1O. The van der Waals surface area contributed by atoms with Gasteiger partial charge in [0, 0.05) is 18.8 Å². The van der Waals surface area contributed by atoms with Gasteiger partial charge in [0.25, 0.3) is 0 Å². The number of fused-ring (bicyclic) bond motifs is 1. The van der Waals surface area contributed by atoms with E-state index in [2.05, 4.69) is 12.1 Å². The van der Waals surface area contributed by atoms with Gasteiger partial charge in [-0.05, 0) is 75.3 Å². The van der Waals surface area contributed by atoms with E-state index in [9.17, 15) is 19.4 Å². The van der Waals surface area contributed by atoms with Crippen molar-refractivity contribution in [2.75, 3.05) is 0 Å². The average Bonchev–Trinajstić information content (AvgIpc) is 3.31. The molecule has 0 aliphatic heterocycles. The molecule has 0 amide bonds. The number of rotatable bonds is 11. The number of aliphatic hydroxyl groups excluding tert-OH is 2. The number of carbonyl (C=O) groups excluding carboxylic acids is 1. The standard InChI is InChI=1S/C28H39FO4/c1-19(2)33-28(32)15-6-4-3-5-12-24-23(25(29)18-27(24)31)13-9-14-26(30)22-16-20-10-7-8-11-21(20)17-22/h3,5,7-11,13,19,22-27,30-31H,4,6,12,14-18H2,1-2H3/b5-3+,13-9+/t23-,24-,25+,26+,27+/m1/s1. The zero-order valence-corrected chi connectivity index (χ0v) is 19.9. The quantitative estimate of drug-likeness (QED) is 0.275. The lowest BCUT2D eigenvalue weighted by Crippen LogP contribution is -2.21. The van der Waals surface area contributed by atoms with Crippen LogP contribution in [0.3, 0.4) is 0 Å². The first-order valence-electron chi connectivity index (χ1n) is 12.4. The number of benzene rings is 1. The molecule has 182 valence electrons. The van der Waals surface area contributed by atoms with Crippen LogP contribution in [0.5, 0.6) is 0 Å². The number of alkyl halides is 1. The molecule has 5 heteroatoms. The molecular formula is C28H39FO4. The summed E-state index contributed by atoms with van der Waals surface area (Å²) in [5.41, 5.74) is 2.63. The van der Waals surface area contributed by atoms with E-state index in [0.717, 1.165) is 19.3 Å². The second kappa shape index (κ2) is 12.5. The molecule has 0 spiro atoms. The fraction of sp³-hybridized carbons (Fsp3) is 0.607. The summed E-state index contributed by atoms with van der Waals surface area (Å²) in [7, 11) is 0. The highest BCUT2D eigenvalue weighted by atomic mass is 19.1. The minimum atomic E-state index is -1.06. The zero-order valence-electron chi connectivity index (χ0n) is 19.9. The van der Waals surface area contributed by atoms with E-state index >= 15 is 0 Å². The maximum absolute atomic E-state index is 14.6. The summed E-state index contributed by atoms with van der Waals surface area (Å²) in [6.45, 7) is 3.67. The molecular weight excluding hydrogens is 419 g/mol. The summed E-state index contributed by atoms with van der Waals surface area (Å²) in [5.74, 6) is -0.470. The Balaban J connectivity index is 1.43. The molecule has 2 N–H and O–H groups in total. The van der Waals surface area contributed by atoms with E-state index in [1.54, 1.807) is 0 Å². The number of hydrogen-bond acceptors (Lipinski definition) is 4. The summed E-state index contributed by atoms with van der Waals surface area (Å²) in [6, 6.07) is 8.33. The fourth-order valence-corrected chi connectivity index (χ4v) is 5.15. The first-order valence-corrected chi connectivity index (χ1v) is 12.4. The maximum Gasteiger partial charge on any atom is 0.306 e. The van der Waals surface area contributed by atoms with Crippen LogP contribution in [0.15, 0.2) is 48.6 Å². The molecule has 0 heterocycles. The van der Waals surface area contributed by atoms with Crippen LogP contribution < -0.4 is 0 Å². The third-order valence-corrected chi connectivity index (χ3v) is 6.93. The van der Waals surface area contributed by atoms with E-state index < -0.39 is 18.4 Å². The van der Waals surface area contributed by atoms with Crippen LogP contribution in [-0.2, 0) is 22.4 Å². The number of esters is 1. The summed E-state index contributed by atoms with van der Waals surface area (Å²) in [5, 5.41) is 21.0. The van der Waals surface area contributed by atoms with Crippen molar-refractivity contribution in [2.24, 2.45) is 17.8 Å². The minimum absolute atomic E-state index is 0.0916. The molecule has 3 rings (SSSR count). The van der Waals surface area contributed by atoms with Gasteiger partial charge in [-0.2, -0.15) is 0 Å². The Hall–Kier alpha value is -1.98. The van der Waals surface area contributed by atoms with Gasteiger partial charge in [-0.3, -0.25) is 4.79 Å². The van der Waals surface area contributed by atoms with Crippen LogP contribution in [0.2, 0.25) is 0 Å². The normalized spacial score (nSPS) is 26.5. The molecule has 1 fully saturated rings. The van der Waals surface area contributed by atoms with Crippen LogP contribution in [-0.4, -0.2) is 40.7 Å². The Bertz CT molecular complexity index is 793. The van der Waals surface area contributed by atoms with Crippen molar-refractivity contribution in [2.45, 2.75) is 89.7 Å². The molecule has 0 bridgehead atoms. The largest absolute Gasteiger partial charge is 0.463 e. The van der Waals surface area contributed by atoms with E-state index in [1.165, 1.54) is 11.1 Å². The Morgan fingerprint density at radius 1 is 1.18 bits per heavy atom. The van der Waals surface area contributed by atoms with Crippen LogP contribution in [0.1, 0.15) is 63.5 Å². The predicted octanol–water partition coefficient (Wildman–Crippen LogP) is 5.11. The van der Waals surface area contributed by atoms with E-state index in [4.69, 9.17) is 4.74 Å². The van der Waals surface area contributed by atoms with Crippen LogP contribution in [0.4, 0.5) is 4.39 Å². The highest BCUT2D eigenvalue weighted by molar-refractivity contribution is 5.69. The molecule has 4 nitrogen and oxygen atoms in total. The number of unbranched alkanes of at least 4 members (excludes halogenated alkanes) is 1. The zero-order chi connectivity index (χ0) is 23.8. The van der Waals surface area contributed by atoms with Gasteiger partial charge in [0.2, 0.25) is 0 Å². The van der Waals surface area contributed by atoms with Gasteiger partial charge in [0.05, 0.1) is 18.3 Å². The Kier molecular flexibility index (Phi) is 9.69. The monoisotopic (exact) mass is 458 g/mol. The highest BCUT2D eigenvalue weighted by Gasteiger charge is 2.40. The molecule has 2 aliphatic rings. The summed E-state index contributed by atoms with van der Waals surface area (Å²) in [6.07, 6.45) is 10.4. The van der Waals surface area contributed by atoms with Gasteiger partial charge in [-0.25, -0.2) is 4.39 Å². The van der Waals surface area contributed by atoms with Crippen molar-refractivity contribution in [1.82, 2.24) is 0 Å². The second-order valence-corrected chi connectivity index (χ2v) is 9.87. The third-order valence-electron chi connectivity index (χ3n) is 6.93. The van der Waals surface area contributed by atoms with Gasteiger partial charge < -0.3 is 14.9 Å². The number of hydrogen-bond donors (Lipinski definition) is 2. The molecule has 2 aliphatic carbocycles. The molecule has 0 radical (unpaired) electrons. The third kappa shape index (κ3) is 7.51. The molecule has 0 aromatic heterocycles. The van der Waals surface area contributed by atoms with E-state index in [0.29, 0.717) is 25.7 Å². The van der Waals surface area contributed by atoms with Crippen LogP contribution in [0.25, 0.3) is 0 Å². The number of ether oxygens (including phenoxy) is 1. The highest BCUT2D eigenvalue weighted by Crippen LogP contribution is 2.38. The Labute approximate surface area is 197 Å². The second-order valence-electron chi connectivity index (χ2n) is 9.87. The lowest BCUT2D eigenvalue weighted by Gasteiger charge is -2.19. The lowest BCUT2D eigenvalue weighted by molar-refractivity contribution is -0.147. The molecule has 1 saturated carbocycles.